The Morgan fingerprint density at radius 3 is 2.84 bits per heavy atom. The molecule has 0 unspecified atom stereocenters. The summed E-state index contributed by atoms with van der Waals surface area (Å²) in [7, 11) is 1.19. The summed E-state index contributed by atoms with van der Waals surface area (Å²) < 4.78 is 18.1. The van der Waals surface area contributed by atoms with Crippen LogP contribution in [-0.4, -0.2) is 42.3 Å². The van der Waals surface area contributed by atoms with Gasteiger partial charge in [-0.1, -0.05) is 12.1 Å². The smallest absolute Gasteiger partial charge is 0.341 e. The number of esters is 1. The van der Waals surface area contributed by atoms with Gasteiger partial charge >= 0.3 is 5.97 Å². The van der Waals surface area contributed by atoms with Crippen LogP contribution in [-0.2, 0) is 9.53 Å². The summed E-state index contributed by atoms with van der Waals surface area (Å²) in [5.41, 5.74) is 1.03. The van der Waals surface area contributed by atoms with Crippen molar-refractivity contribution in [2.75, 3.05) is 20.2 Å². The molecule has 19 heavy (non-hydrogen) atoms. The van der Waals surface area contributed by atoms with Crippen molar-refractivity contribution in [2.24, 2.45) is 0 Å². The number of methoxy groups -OCH3 is 1. The lowest BCUT2D eigenvalue weighted by atomic mass is 10.0. The van der Waals surface area contributed by atoms with Gasteiger partial charge in [0.05, 0.1) is 7.11 Å². The number of nitrogens with zero attached hydrogens (tertiary/aromatic N) is 1. The molecule has 1 aromatic rings. The Morgan fingerprint density at radius 2 is 2.21 bits per heavy atom. The third kappa shape index (κ3) is 3.23. The van der Waals surface area contributed by atoms with E-state index in [0.717, 1.165) is 24.9 Å². The minimum atomic E-state index is -1.61. The number of phenolic OH excluding ortho intramolecular Hbond substituents is 1. The van der Waals surface area contributed by atoms with Gasteiger partial charge in [0.15, 0.2) is 0 Å². The molecule has 1 aromatic carbocycles. The molecule has 0 saturated carbocycles. The van der Waals surface area contributed by atoms with E-state index in [1.165, 1.54) is 7.11 Å². The number of hydrogen-bond acceptors (Lipinski definition) is 4. The van der Waals surface area contributed by atoms with Crippen molar-refractivity contribution in [1.29, 1.82) is 0 Å². The van der Waals surface area contributed by atoms with E-state index in [4.69, 9.17) is 0 Å². The SMILES string of the molecule is COC(=O)[C@H](F)CN1CCC[C@@H]1c1ccc(O)cc1. The number of ether oxygens (including phenoxy) is 1. The van der Waals surface area contributed by atoms with Crippen LogP contribution in [0.15, 0.2) is 24.3 Å². The normalized spacial score (nSPS) is 21.3. The van der Waals surface area contributed by atoms with Crippen molar-refractivity contribution in [3.8, 4) is 5.75 Å². The maximum atomic E-state index is 13.6. The summed E-state index contributed by atoms with van der Waals surface area (Å²) in [4.78, 5) is 13.1. The molecule has 1 aliphatic rings. The second-order valence-electron chi connectivity index (χ2n) is 4.74. The van der Waals surface area contributed by atoms with E-state index in [9.17, 15) is 14.3 Å². The molecule has 2 rings (SSSR count). The van der Waals surface area contributed by atoms with Gasteiger partial charge in [0.1, 0.15) is 5.75 Å². The number of hydrogen-bond donors (Lipinski definition) is 1. The summed E-state index contributed by atoms with van der Waals surface area (Å²) in [6, 6.07) is 7.02. The number of carbonyl (C=O) groups is 1. The highest BCUT2D eigenvalue weighted by Gasteiger charge is 2.30. The lowest BCUT2D eigenvalue weighted by Gasteiger charge is -2.25. The molecule has 0 radical (unpaired) electrons. The maximum Gasteiger partial charge on any atom is 0.341 e. The lowest BCUT2D eigenvalue weighted by molar-refractivity contribution is -0.147. The first-order valence-electron chi connectivity index (χ1n) is 6.36. The Balaban J connectivity index is 2.04. The number of likely N-dealkylation sites (tertiary alicyclic amines) is 1. The summed E-state index contributed by atoms with van der Waals surface area (Å²) in [5.74, 6) is -0.609. The second kappa shape index (κ2) is 6.02. The summed E-state index contributed by atoms with van der Waals surface area (Å²) in [6.45, 7) is 0.821. The van der Waals surface area contributed by atoms with Crippen molar-refractivity contribution in [1.82, 2.24) is 4.90 Å². The van der Waals surface area contributed by atoms with Gasteiger partial charge in [0, 0.05) is 12.6 Å². The summed E-state index contributed by atoms with van der Waals surface area (Å²) in [5, 5.41) is 9.28. The summed E-state index contributed by atoms with van der Waals surface area (Å²) >= 11 is 0. The monoisotopic (exact) mass is 267 g/mol. The van der Waals surface area contributed by atoms with E-state index in [1.807, 2.05) is 17.0 Å². The third-order valence-corrected chi connectivity index (χ3v) is 3.49. The van der Waals surface area contributed by atoms with Gasteiger partial charge in [-0.2, -0.15) is 0 Å². The van der Waals surface area contributed by atoms with Crippen LogP contribution in [0.3, 0.4) is 0 Å². The molecule has 5 heteroatoms. The van der Waals surface area contributed by atoms with Gasteiger partial charge in [-0.3, -0.25) is 4.90 Å². The van der Waals surface area contributed by atoms with Gasteiger partial charge in [0.25, 0.3) is 0 Å². The third-order valence-electron chi connectivity index (χ3n) is 3.49. The highest BCUT2D eigenvalue weighted by atomic mass is 19.1. The van der Waals surface area contributed by atoms with Crippen LogP contribution >= 0.6 is 0 Å². The number of halogens is 1. The van der Waals surface area contributed by atoms with Crippen molar-refractivity contribution < 1.29 is 19.0 Å². The number of carbonyl (C=O) groups excluding carboxylic acids is 1. The Labute approximate surface area is 111 Å². The molecule has 0 spiro atoms. The Morgan fingerprint density at radius 1 is 1.53 bits per heavy atom. The number of benzene rings is 1. The van der Waals surface area contributed by atoms with Gasteiger partial charge in [-0.15, -0.1) is 0 Å². The quantitative estimate of drug-likeness (QED) is 0.848. The highest BCUT2D eigenvalue weighted by Crippen LogP contribution is 2.32. The summed E-state index contributed by atoms with van der Waals surface area (Å²) in [6.07, 6.45) is 0.292. The van der Waals surface area contributed by atoms with Crippen molar-refractivity contribution >= 4 is 5.97 Å². The highest BCUT2D eigenvalue weighted by molar-refractivity contribution is 5.74. The zero-order valence-corrected chi connectivity index (χ0v) is 10.9. The molecule has 1 aliphatic heterocycles. The van der Waals surface area contributed by atoms with Gasteiger partial charge < -0.3 is 9.84 Å². The minimum Gasteiger partial charge on any atom is -0.508 e. The second-order valence-corrected chi connectivity index (χ2v) is 4.74. The largest absolute Gasteiger partial charge is 0.508 e. The molecule has 1 N–H and O–H groups in total. The minimum absolute atomic E-state index is 0.0538. The van der Waals surface area contributed by atoms with Crippen LogP contribution < -0.4 is 0 Å². The molecule has 0 amide bonds. The first-order valence-corrected chi connectivity index (χ1v) is 6.36. The number of phenols is 1. The topological polar surface area (TPSA) is 49.8 Å². The average Bonchev–Trinajstić information content (AvgIpc) is 2.86. The predicted octanol–water partition coefficient (Wildman–Crippen LogP) is 2.04. The van der Waals surface area contributed by atoms with Crippen LogP contribution in [0, 0.1) is 0 Å². The van der Waals surface area contributed by atoms with Crippen molar-refractivity contribution in [3.05, 3.63) is 29.8 Å². The molecule has 0 aromatic heterocycles. The first kappa shape index (κ1) is 13.8. The maximum absolute atomic E-state index is 13.6. The first-order chi connectivity index (χ1) is 9.11. The van der Waals surface area contributed by atoms with Crippen LogP contribution in [0.25, 0.3) is 0 Å². The molecule has 4 nitrogen and oxygen atoms in total. The zero-order valence-electron chi connectivity index (χ0n) is 10.9. The Hall–Kier alpha value is -1.62. The van der Waals surface area contributed by atoms with E-state index in [0.29, 0.717) is 0 Å². The van der Waals surface area contributed by atoms with E-state index in [-0.39, 0.29) is 18.3 Å². The van der Waals surface area contributed by atoms with Gasteiger partial charge in [-0.25, -0.2) is 9.18 Å². The van der Waals surface area contributed by atoms with Gasteiger partial charge in [-0.05, 0) is 37.1 Å². The lowest BCUT2D eigenvalue weighted by Crippen LogP contribution is -2.34. The van der Waals surface area contributed by atoms with Crippen molar-refractivity contribution in [2.45, 2.75) is 25.1 Å². The molecule has 1 heterocycles. The molecule has 0 bridgehead atoms. The Kier molecular flexibility index (Phi) is 4.37. The van der Waals surface area contributed by atoms with E-state index in [1.54, 1.807) is 12.1 Å². The fraction of sp³-hybridized carbons (Fsp3) is 0.500. The predicted molar refractivity (Wildman–Crippen MR) is 68.6 cm³/mol. The number of aromatic hydroxyl groups is 1. The van der Waals surface area contributed by atoms with E-state index >= 15 is 0 Å². The van der Waals surface area contributed by atoms with Crippen molar-refractivity contribution in [3.63, 3.8) is 0 Å². The zero-order chi connectivity index (χ0) is 13.8. The fourth-order valence-electron chi connectivity index (χ4n) is 2.53. The van der Waals surface area contributed by atoms with E-state index < -0.39 is 12.1 Å². The average molecular weight is 267 g/mol. The number of alkyl halides is 1. The molecule has 0 aliphatic carbocycles. The molecule has 2 atom stereocenters. The Bertz CT molecular complexity index is 435. The van der Waals surface area contributed by atoms with Gasteiger partial charge in [0.2, 0.25) is 6.17 Å². The molecule has 104 valence electrons. The molecule has 1 fully saturated rings. The molecule has 1 saturated heterocycles. The molecular weight excluding hydrogens is 249 g/mol. The molecular formula is C14H18FNO3. The standard InChI is InChI=1S/C14H18FNO3/c1-19-14(18)12(15)9-16-8-2-3-13(16)10-4-6-11(17)7-5-10/h4-7,12-13,17H,2-3,8-9H2,1H3/t12-,13-/m1/s1. The van der Waals surface area contributed by atoms with E-state index in [2.05, 4.69) is 4.74 Å². The van der Waals surface area contributed by atoms with Crippen LogP contribution in [0.4, 0.5) is 4.39 Å². The fourth-order valence-corrected chi connectivity index (χ4v) is 2.53. The van der Waals surface area contributed by atoms with Crippen LogP contribution in [0.2, 0.25) is 0 Å². The number of rotatable bonds is 4. The van der Waals surface area contributed by atoms with Crippen LogP contribution in [0.1, 0.15) is 24.4 Å². The van der Waals surface area contributed by atoms with Crippen LogP contribution in [0.5, 0.6) is 5.75 Å².